The molecule has 6 nitrogen and oxygen atoms in total. The zero-order chi connectivity index (χ0) is 14.0. The van der Waals surface area contributed by atoms with Crippen molar-refractivity contribution in [3.05, 3.63) is 42.2 Å². The zero-order valence-corrected chi connectivity index (χ0v) is 11.7. The molecule has 100 valence electrons. The molecule has 0 aliphatic carbocycles. The van der Waals surface area contributed by atoms with E-state index in [1.54, 1.807) is 24.3 Å². The van der Waals surface area contributed by atoms with E-state index >= 15 is 0 Å². The van der Waals surface area contributed by atoms with Gasteiger partial charge in [-0.3, -0.25) is 9.40 Å². The summed E-state index contributed by atoms with van der Waals surface area (Å²) < 4.78 is 25.7. The first-order chi connectivity index (χ1) is 8.93. The maximum atomic E-state index is 12.3. The monoisotopic (exact) mass is 296 g/mol. The molecule has 0 radical (unpaired) electrons. The standard InChI is InChI=1S/C11H12N4O2S2/c1-15(19(16,17)10-6-13-14-7-10)9-4-2-3-8(5-9)11(12)18/h2-7H,1H3,(H2,12,18)(H,13,14). The number of thiocarbonyl (C=S) groups is 1. The molecule has 2 aromatic rings. The third-order valence-electron chi connectivity index (χ3n) is 2.63. The van der Waals surface area contributed by atoms with Crippen LogP contribution in [-0.4, -0.2) is 30.7 Å². The number of nitrogens with zero attached hydrogens (tertiary/aromatic N) is 2. The molecule has 0 fully saturated rings. The van der Waals surface area contributed by atoms with Gasteiger partial charge in [-0.1, -0.05) is 24.4 Å². The lowest BCUT2D eigenvalue weighted by Gasteiger charge is -2.19. The third kappa shape index (κ3) is 2.59. The Morgan fingerprint density at radius 1 is 1.47 bits per heavy atom. The Balaban J connectivity index is 2.42. The van der Waals surface area contributed by atoms with Gasteiger partial charge in [0.25, 0.3) is 10.0 Å². The van der Waals surface area contributed by atoms with Gasteiger partial charge in [0.2, 0.25) is 0 Å². The van der Waals surface area contributed by atoms with Crippen LogP contribution in [-0.2, 0) is 10.0 Å². The average Bonchev–Trinajstić information content (AvgIpc) is 2.92. The van der Waals surface area contributed by atoms with Crippen molar-refractivity contribution in [2.75, 3.05) is 11.4 Å². The van der Waals surface area contributed by atoms with Crippen molar-refractivity contribution in [1.82, 2.24) is 10.2 Å². The fraction of sp³-hybridized carbons (Fsp3) is 0.0909. The van der Waals surface area contributed by atoms with Gasteiger partial charge in [0, 0.05) is 18.8 Å². The van der Waals surface area contributed by atoms with E-state index in [2.05, 4.69) is 10.2 Å². The molecule has 0 amide bonds. The topological polar surface area (TPSA) is 92.1 Å². The lowest BCUT2D eigenvalue weighted by molar-refractivity contribution is 0.594. The molecule has 1 heterocycles. The van der Waals surface area contributed by atoms with Crippen LogP contribution in [0.15, 0.2) is 41.6 Å². The number of benzene rings is 1. The first kappa shape index (κ1) is 13.5. The second-order valence-electron chi connectivity index (χ2n) is 3.82. The SMILES string of the molecule is CN(c1cccc(C(N)=S)c1)S(=O)(=O)c1cn[nH]c1. The van der Waals surface area contributed by atoms with E-state index in [0.717, 1.165) is 4.31 Å². The Hall–Kier alpha value is -1.93. The third-order valence-corrected chi connectivity index (χ3v) is 4.61. The molecule has 0 aliphatic heterocycles. The van der Waals surface area contributed by atoms with Crippen molar-refractivity contribution in [3.8, 4) is 0 Å². The first-order valence-corrected chi connectivity index (χ1v) is 7.15. The van der Waals surface area contributed by atoms with Crippen LogP contribution in [0, 0.1) is 0 Å². The summed E-state index contributed by atoms with van der Waals surface area (Å²) in [5.41, 5.74) is 6.63. The van der Waals surface area contributed by atoms with Gasteiger partial charge in [-0.05, 0) is 12.1 Å². The van der Waals surface area contributed by atoms with Gasteiger partial charge in [0.1, 0.15) is 9.88 Å². The van der Waals surface area contributed by atoms with Crippen LogP contribution in [0.3, 0.4) is 0 Å². The molecule has 0 saturated carbocycles. The fourth-order valence-electron chi connectivity index (χ4n) is 1.53. The number of H-pyrrole nitrogens is 1. The fourth-order valence-corrected chi connectivity index (χ4v) is 2.75. The normalized spacial score (nSPS) is 11.2. The summed E-state index contributed by atoms with van der Waals surface area (Å²) in [6.45, 7) is 0. The smallest absolute Gasteiger partial charge is 0.267 e. The molecule has 0 saturated heterocycles. The largest absolute Gasteiger partial charge is 0.389 e. The summed E-state index contributed by atoms with van der Waals surface area (Å²) >= 11 is 4.88. The quantitative estimate of drug-likeness (QED) is 0.817. The molecule has 19 heavy (non-hydrogen) atoms. The van der Waals surface area contributed by atoms with Crippen LogP contribution in [0.2, 0.25) is 0 Å². The average molecular weight is 296 g/mol. The molecule has 0 atom stereocenters. The Morgan fingerprint density at radius 3 is 2.79 bits per heavy atom. The maximum absolute atomic E-state index is 12.3. The van der Waals surface area contributed by atoms with Crippen molar-refractivity contribution < 1.29 is 8.42 Å². The van der Waals surface area contributed by atoms with Crippen LogP contribution >= 0.6 is 12.2 Å². The van der Waals surface area contributed by atoms with Gasteiger partial charge >= 0.3 is 0 Å². The van der Waals surface area contributed by atoms with E-state index in [-0.39, 0.29) is 9.88 Å². The highest BCUT2D eigenvalue weighted by Gasteiger charge is 2.22. The Kier molecular flexibility index (Phi) is 3.54. The molecule has 3 N–H and O–H groups in total. The molecule has 2 rings (SSSR count). The summed E-state index contributed by atoms with van der Waals surface area (Å²) in [7, 11) is -2.18. The molecule has 0 aliphatic rings. The number of nitrogens with one attached hydrogen (secondary N) is 1. The van der Waals surface area contributed by atoms with Crippen LogP contribution in [0.5, 0.6) is 0 Å². The van der Waals surface area contributed by atoms with E-state index in [4.69, 9.17) is 18.0 Å². The lowest BCUT2D eigenvalue weighted by Crippen LogP contribution is -2.26. The second-order valence-corrected chi connectivity index (χ2v) is 6.23. The highest BCUT2D eigenvalue weighted by molar-refractivity contribution is 7.92. The Bertz CT molecular complexity index is 695. The Labute approximate surface area is 116 Å². The highest BCUT2D eigenvalue weighted by atomic mass is 32.2. The van der Waals surface area contributed by atoms with E-state index in [1.807, 2.05) is 0 Å². The van der Waals surface area contributed by atoms with Gasteiger partial charge in [0.05, 0.1) is 11.9 Å². The molecular formula is C11H12N4O2S2. The molecule has 1 aromatic carbocycles. The summed E-state index contributed by atoms with van der Waals surface area (Å²) in [5.74, 6) is 0. The van der Waals surface area contributed by atoms with Crippen molar-refractivity contribution in [2.45, 2.75) is 4.90 Å². The lowest BCUT2D eigenvalue weighted by atomic mass is 10.2. The number of anilines is 1. The summed E-state index contributed by atoms with van der Waals surface area (Å²) in [6, 6.07) is 6.72. The van der Waals surface area contributed by atoms with Crippen LogP contribution < -0.4 is 10.0 Å². The number of hydrogen-bond acceptors (Lipinski definition) is 4. The highest BCUT2D eigenvalue weighted by Crippen LogP contribution is 2.22. The minimum absolute atomic E-state index is 0.0933. The number of aromatic amines is 1. The predicted octanol–water partition coefficient (Wildman–Crippen LogP) is 0.869. The van der Waals surface area contributed by atoms with Crippen molar-refractivity contribution in [2.24, 2.45) is 5.73 Å². The van der Waals surface area contributed by atoms with E-state index in [9.17, 15) is 8.42 Å². The first-order valence-electron chi connectivity index (χ1n) is 5.30. The Morgan fingerprint density at radius 2 is 2.21 bits per heavy atom. The zero-order valence-electron chi connectivity index (χ0n) is 10.1. The summed E-state index contributed by atoms with van der Waals surface area (Å²) in [4.78, 5) is 0.312. The van der Waals surface area contributed by atoms with Gasteiger partial charge in [-0.25, -0.2) is 8.42 Å². The van der Waals surface area contributed by atoms with Crippen molar-refractivity contribution in [3.63, 3.8) is 0 Å². The van der Waals surface area contributed by atoms with Gasteiger partial charge in [0.15, 0.2) is 0 Å². The summed E-state index contributed by atoms with van der Waals surface area (Å²) in [6.07, 6.45) is 2.58. The van der Waals surface area contributed by atoms with E-state index < -0.39 is 10.0 Å². The number of hydrogen-bond donors (Lipinski definition) is 2. The molecule has 0 bridgehead atoms. The molecular weight excluding hydrogens is 284 g/mol. The van der Waals surface area contributed by atoms with Gasteiger partial charge < -0.3 is 5.73 Å². The molecule has 1 aromatic heterocycles. The maximum Gasteiger partial charge on any atom is 0.267 e. The number of aromatic nitrogens is 2. The minimum Gasteiger partial charge on any atom is -0.389 e. The van der Waals surface area contributed by atoms with Gasteiger partial charge in [-0.2, -0.15) is 5.10 Å². The number of rotatable bonds is 4. The van der Waals surface area contributed by atoms with Crippen LogP contribution in [0.4, 0.5) is 5.69 Å². The van der Waals surface area contributed by atoms with Gasteiger partial charge in [-0.15, -0.1) is 0 Å². The molecule has 8 heteroatoms. The summed E-state index contributed by atoms with van der Waals surface area (Å²) in [5, 5.41) is 6.11. The second kappa shape index (κ2) is 4.98. The number of nitrogens with two attached hydrogens (primary N) is 1. The van der Waals surface area contributed by atoms with Crippen molar-refractivity contribution in [1.29, 1.82) is 0 Å². The van der Waals surface area contributed by atoms with E-state index in [1.165, 1.54) is 19.4 Å². The minimum atomic E-state index is -3.64. The molecule has 0 unspecified atom stereocenters. The predicted molar refractivity (Wildman–Crippen MR) is 76.5 cm³/mol. The molecule has 0 spiro atoms. The van der Waals surface area contributed by atoms with E-state index in [0.29, 0.717) is 11.3 Å². The van der Waals surface area contributed by atoms with Crippen LogP contribution in [0.25, 0.3) is 0 Å². The van der Waals surface area contributed by atoms with Crippen LogP contribution in [0.1, 0.15) is 5.56 Å². The number of sulfonamides is 1. The van der Waals surface area contributed by atoms with Crippen molar-refractivity contribution >= 4 is 32.9 Å².